The molecule has 0 spiro atoms. The van der Waals surface area contributed by atoms with Crippen LogP contribution >= 0.6 is 11.3 Å². The molecule has 2 fully saturated rings. The van der Waals surface area contributed by atoms with Crippen molar-refractivity contribution in [1.82, 2.24) is 20.3 Å². The fourth-order valence-corrected chi connectivity index (χ4v) is 5.87. The SMILES string of the molecule is Cc1nc(Oc2ccc(NS(=O)CC3CC3)c(F)c2F)c(-c2ccnc(NC3CCCNC3)n2)s1. The Kier molecular flexibility index (Phi) is 7.21. The van der Waals surface area contributed by atoms with Crippen molar-refractivity contribution in [2.24, 2.45) is 5.92 Å². The number of ether oxygens (including phenoxy) is 1. The average molecular weight is 521 g/mol. The van der Waals surface area contributed by atoms with Crippen LogP contribution in [-0.4, -0.2) is 44.0 Å². The minimum absolute atomic E-state index is 0.132. The molecule has 1 saturated heterocycles. The van der Waals surface area contributed by atoms with Gasteiger partial charge in [-0.05, 0) is 63.3 Å². The van der Waals surface area contributed by atoms with E-state index in [1.54, 1.807) is 19.2 Å². The van der Waals surface area contributed by atoms with Gasteiger partial charge in [0.1, 0.15) is 15.9 Å². The molecule has 0 radical (unpaired) electrons. The van der Waals surface area contributed by atoms with Crippen molar-refractivity contribution in [3.05, 3.63) is 41.0 Å². The Hall–Kier alpha value is -2.70. The van der Waals surface area contributed by atoms with Gasteiger partial charge >= 0.3 is 0 Å². The second-order valence-corrected chi connectivity index (χ2v) is 11.2. The number of nitrogens with one attached hydrogen (secondary N) is 3. The fraction of sp³-hybridized carbons (Fsp3) is 0.435. The van der Waals surface area contributed by atoms with Crippen LogP contribution in [0.1, 0.15) is 30.7 Å². The van der Waals surface area contributed by atoms with E-state index in [-0.39, 0.29) is 23.4 Å². The summed E-state index contributed by atoms with van der Waals surface area (Å²) in [5.74, 6) is -1.20. The van der Waals surface area contributed by atoms with Gasteiger partial charge in [0, 0.05) is 24.5 Å². The van der Waals surface area contributed by atoms with Crippen molar-refractivity contribution in [3.63, 3.8) is 0 Å². The summed E-state index contributed by atoms with van der Waals surface area (Å²) in [6, 6.07) is 4.59. The van der Waals surface area contributed by atoms with Crippen molar-refractivity contribution in [2.75, 3.05) is 28.9 Å². The molecule has 2 unspecified atom stereocenters. The van der Waals surface area contributed by atoms with Gasteiger partial charge in [-0.15, -0.1) is 11.3 Å². The van der Waals surface area contributed by atoms with Crippen LogP contribution in [0.5, 0.6) is 11.6 Å². The number of aryl methyl sites for hydroxylation is 1. The van der Waals surface area contributed by atoms with Crippen molar-refractivity contribution < 1.29 is 17.7 Å². The smallest absolute Gasteiger partial charge is 0.240 e. The van der Waals surface area contributed by atoms with Gasteiger partial charge in [0.25, 0.3) is 0 Å². The lowest BCUT2D eigenvalue weighted by Crippen LogP contribution is -2.38. The maximum Gasteiger partial charge on any atom is 0.240 e. The quantitative estimate of drug-likeness (QED) is 0.378. The van der Waals surface area contributed by atoms with Crippen LogP contribution in [0.4, 0.5) is 20.4 Å². The molecular formula is C23H26F2N6O2S2. The minimum Gasteiger partial charge on any atom is -0.434 e. The van der Waals surface area contributed by atoms with E-state index in [1.807, 2.05) is 0 Å². The van der Waals surface area contributed by atoms with Crippen LogP contribution in [0, 0.1) is 24.5 Å². The molecule has 35 heavy (non-hydrogen) atoms. The van der Waals surface area contributed by atoms with Crippen molar-refractivity contribution in [2.45, 2.75) is 38.6 Å². The number of thiazole rings is 1. The van der Waals surface area contributed by atoms with Crippen LogP contribution in [0.2, 0.25) is 0 Å². The fourth-order valence-electron chi connectivity index (χ4n) is 3.81. The summed E-state index contributed by atoms with van der Waals surface area (Å²) >= 11 is 1.34. The summed E-state index contributed by atoms with van der Waals surface area (Å²) in [6.07, 6.45) is 5.79. The Morgan fingerprint density at radius 3 is 2.83 bits per heavy atom. The van der Waals surface area contributed by atoms with E-state index in [2.05, 4.69) is 30.3 Å². The molecule has 3 heterocycles. The second-order valence-electron chi connectivity index (χ2n) is 8.72. The summed E-state index contributed by atoms with van der Waals surface area (Å²) in [5.41, 5.74) is 0.411. The molecule has 0 amide bonds. The standard InChI is InChI=1S/C23H26F2N6O2S2/c1-13-28-22(21(34-13)17-8-10-27-23(30-17)29-15-3-2-9-26-11-15)33-18-7-6-16(19(24)20(18)25)31-35(32)12-14-4-5-14/h6-8,10,14-15,26,31H,2-5,9,11-12H2,1H3,(H,27,29,30). The van der Waals surface area contributed by atoms with Gasteiger partial charge in [-0.1, -0.05) is 0 Å². The van der Waals surface area contributed by atoms with Crippen LogP contribution < -0.4 is 20.1 Å². The number of halogens is 2. The Morgan fingerprint density at radius 1 is 1.20 bits per heavy atom. The Morgan fingerprint density at radius 2 is 2.06 bits per heavy atom. The molecule has 2 aliphatic rings. The second kappa shape index (κ2) is 10.5. The van der Waals surface area contributed by atoms with E-state index in [0.29, 0.717) is 33.2 Å². The highest BCUT2D eigenvalue weighted by Crippen LogP contribution is 2.39. The highest BCUT2D eigenvalue weighted by Gasteiger charge is 2.25. The lowest BCUT2D eigenvalue weighted by molar-refractivity contribution is 0.409. The topological polar surface area (TPSA) is 101 Å². The number of benzene rings is 1. The lowest BCUT2D eigenvalue weighted by atomic mass is 10.1. The first-order valence-corrected chi connectivity index (χ1v) is 13.7. The molecule has 1 aromatic carbocycles. The molecule has 8 nitrogen and oxygen atoms in total. The first-order chi connectivity index (χ1) is 17.0. The Labute approximate surface area is 208 Å². The third-order valence-corrected chi connectivity index (χ3v) is 7.98. The van der Waals surface area contributed by atoms with Gasteiger partial charge in [-0.25, -0.2) is 23.6 Å². The number of anilines is 2. The summed E-state index contributed by atoms with van der Waals surface area (Å²) in [5, 5.41) is 7.37. The maximum absolute atomic E-state index is 14.8. The molecule has 5 rings (SSSR count). The zero-order chi connectivity index (χ0) is 24.4. The average Bonchev–Trinajstić information content (AvgIpc) is 3.58. The monoisotopic (exact) mass is 520 g/mol. The largest absolute Gasteiger partial charge is 0.434 e. The van der Waals surface area contributed by atoms with E-state index in [1.165, 1.54) is 23.5 Å². The third kappa shape index (κ3) is 5.93. The van der Waals surface area contributed by atoms with Crippen LogP contribution in [-0.2, 0) is 11.0 Å². The zero-order valence-electron chi connectivity index (χ0n) is 19.1. The van der Waals surface area contributed by atoms with E-state index >= 15 is 0 Å². The highest BCUT2D eigenvalue weighted by molar-refractivity contribution is 7.86. The molecule has 1 saturated carbocycles. The van der Waals surface area contributed by atoms with Crippen molar-refractivity contribution in [1.29, 1.82) is 0 Å². The van der Waals surface area contributed by atoms with Crippen LogP contribution in [0.15, 0.2) is 24.4 Å². The molecule has 2 atom stereocenters. The summed E-state index contributed by atoms with van der Waals surface area (Å²) in [7, 11) is -1.46. The van der Waals surface area contributed by atoms with Crippen LogP contribution in [0.3, 0.4) is 0 Å². The van der Waals surface area contributed by atoms with Crippen molar-refractivity contribution in [3.8, 4) is 22.2 Å². The number of hydrogen-bond acceptors (Lipinski definition) is 8. The van der Waals surface area contributed by atoms with Gasteiger partial charge < -0.3 is 20.1 Å². The molecule has 1 aliphatic heterocycles. The molecule has 0 bridgehead atoms. The number of hydrogen-bond donors (Lipinski definition) is 3. The lowest BCUT2D eigenvalue weighted by Gasteiger charge is -2.23. The normalized spacial score (nSPS) is 18.8. The molecular weight excluding hydrogens is 494 g/mol. The van der Waals surface area contributed by atoms with Gasteiger partial charge in [-0.3, -0.25) is 0 Å². The number of rotatable bonds is 9. The van der Waals surface area contributed by atoms with E-state index in [4.69, 9.17) is 4.74 Å². The zero-order valence-corrected chi connectivity index (χ0v) is 20.8. The Balaban J connectivity index is 1.34. The summed E-state index contributed by atoms with van der Waals surface area (Å²) in [4.78, 5) is 13.9. The van der Waals surface area contributed by atoms with Crippen molar-refractivity contribution >= 4 is 34.0 Å². The predicted octanol–water partition coefficient (Wildman–Crippen LogP) is 4.63. The minimum atomic E-state index is -1.46. The van der Waals surface area contributed by atoms with E-state index < -0.39 is 22.6 Å². The number of aromatic nitrogens is 3. The highest BCUT2D eigenvalue weighted by atomic mass is 32.2. The first-order valence-electron chi connectivity index (χ1n) is 11.5. The van der Waals surface area contributed by atoms with E-state index in [0.717, 1.165) is 38.8 Å². The van der Waals surface area contributed by atoms with E-state index in [9.17, 15) is 13.0 Å². The third-order valence-electron chi connectivity index (χ3n) is 5.78. The van der Waals surface area contributed by atoms with Crippen LogP contribution in [0.25, 0.3) is 10.6 Å². The predicted molar refractivity (Wildman–Crippen MR) is 133 cm³/mol. The number of nitrogens with zero attached hydrogens (tertiary/aromatic N) is 3. The molecule has 1 aliphatic carbocycles. The molecule has 3 N–H and O–H groups in total. The molecule has 3 aromatic rings. The van der Waals surface area contributed by atoms with Gasteiger partial charge in [0.15, 0.2) is 11.6 Å². The molecule has 2 aromatic heterocycles. The summed E-state index contributed by atoms with van der Waals surface area (Å²) < 4.78 is 49.9. The summed E-state index contributed by atoms with van der Waals surface area (Å²) in [6.45, 7) is 3.64. The molecule has 186 valence electrons. The van der Waals surface area contributed by atoms with Gasteiger partial charge in [-0.2, -0.15) is 4.39 Å². The van der Waals surface area contributed by atoms with Gasteiger partial charge in [0.05, 0.1) is 16.4 Å². The van der Waals surface area contributed by atoms with Gasteiger partial charge in [0.2, 0.25) is 17.6 Å². The molecule has 12 heteroatoms. The number of piperidine rings is 1. The Bertz CT molecular complexity index is 1230. The first kappa shape index (κ1) is 24.0. The maximum atomic E-state index is 14.8.